The van der Waals surface area contributed by atoms with Gasteiger partial charge in [0.05, 0.1) is 0 Å². The first-order valence-corrected chi connectivity index (χ1v) is 28.6. The van der Waals surface area contributed by atoms with Crippen LogP contribution < -0.4 is 0 Å². The van der Waals surface area contributed by atoms with Crippen molar-refractivity contribution in [3.8, 4) is 0 Å². The van der Waals surface area contributed by atoms with Gasteiger partial charge in [-0.3, -0.25) is 14.4 Å². The van der Waals surface area contributed by atoms with Crippen LogP contribution in [0.3, 0.4) is 0 Å². The Hall–Kier alpha value is -3.41. The topological polar surface area (TPSA) is 78.9 Å². The first kappa shape index (κ1) is 64.6. The normalized spacial score (nSPS) is 12.7. The molecule has 0 amide bonds. The van der Waals surface area contributed by atoms with Crippen molar-refractivity contribution in [2.45, 2.75) is 277 Å². The van der Waals surface area contributed by atoms with E-state index in [0.717, 1.165) is 89.9 Å². The molecule has 0 spiro atoms. The van der Waals surface area contributed by atoms with Gasteiger partial charge in [0, 0.05) is 19.3 Å². The van der Waals surface area contributed by atoms with Crippen LogP contribution in [0, 0.1) is 0 Å². The fourth-order valence-corrected chi connectivity index (χ4v) is 7.82. The molecule has 0 aromatic carbocycles. The minimum absolute atomic E-state index is 0.101. The van der Waals surface area contributed by atoms with E-state index in [1.165, 1.54) is 135 Å². The molecule has 6 heteroatoms. The summed E-state index contributed by atoms with van der Waals surface area (Å²) in [7, 11) is 0. The van der Waals surface area contributed by atoms with E-state index in [9.17, 15) is 14.4 Å². The number of allylic oxidation sites excluding steroid dienone is 14. The molecular formula is C62H106O6. The molecular weight excluding hydrogens is 841 g/mol. The average Bonchev–Trinajstić information content (AvgIpc) is 3.34. The third kappa shape index (κ3) is 53.5. The van der Waals surface area contributed by atoms with Gasteiger partial charge in [-0.25, -0.2) is 0 Å². The molecule has 0 radical (unpaired) electrons. The van der Waals surface area contributed by atoms with E-state index in [4.69, 9.17) is 14.2 Å². The number of ether oxygens (including phenoxy) is 3. The molecule has 0 bridgehead atoms. The Balaban J connectivity index is 4.48. The lowest BCUT2D eigenvalue weighted by Crippen LogP contribution is -2.30. The van der Waals surface area contributed by atoms with Crippen LogP contribution in [-0.4, -0.2) is 37.2 Å². The molecule has 0 N–H and O–H groups in total. The van der Waals surface area contributed by atoms with E-state index >= 15 is 0 Å². The van der Waals surface area contributed by atoms with Crippen LogP contribution in [0.5, 0.6) is 0 Å². The van der Waals surface area contributed by atoms with Crippen LogP contribution in [0.2, 0.25) is 0 Å². The Morgan fingerprint density at radius 2 is 0.588 bits per heavy atom. The van der Waals surface area contributed by atoms with E-state index in [-0.39, 0.29) is 37.5 Å². The van der Waals surface area contributed by atoms with Gasteiger partial charge < -0.3 is 14.2 Å². The van der Waals surface area contributed by atoms with Gasteiger partial charge in [-0.15, -0.1) is 0 Å². The third-order valence-electron chi connectivity index (χ3n) is 12.1. The summed E-state index contributed by atoms with van der Waals surface area (Å²) in [6.45, 7) is 6.47. The second-order valence-electron chi connectivity index (χ2n) is 18.8. The van der Waals surface area contributed by atoms with Crippen molar-refractivity contribution < 1.29 is 28.6 Å². The molecule has 0 saturated carbocycles. The molecule has 68 heavy (non-hydrogen) atoms. The zero-order valence-electron chi connectivity index (χ0n) is 44.6. The van der Waals surface area contributed by atoms with E-state index in [1.807, 2.05) is 0 Å². The van der Waals surface area contributed by atoms with Gasteiger partial charge >= 0.3 is 17.9 Å². The van der Waals surface area contributed by atoms with Crippen LogP contribution >= 0.6 is 0 Å². The fourth-order valence-electron chi connectivity index (χ4n) is 7.82. The summed E-state index contributed by atoms with van der Waals surface area (Å²) >= 11 is 0. The van der Waals surface area contributed by atoms with Gasteiger partial charge in [0.15, 0.2) is 6.10 Å². The Morgan fingerprint density at radius 1 is 0.309 bits per heavy atom. The largest absolute Gasteiger partial charge is 0.462 e. The molecule has 0 heterocycles. The standard InChI is InChI=1S/C62H106O6/c1-4-7-10-13-16-19-22-25-28-31-34-37-40-43-46-49-52-55-61(64)67-58-59(57-66-60(63)54-51-48-45-42-39-36-33-30-27-24-21-18-15-12-9-6-3)68-62(65)56-53-50-47-44-41-38-35-32-29-26-23-20-17-14-11-8-5-2/h9,12,18,21,25-30,34,37,43,46,59H,4-8,10-11,13-17,19-20,22-24,31-33,35-36,38-42,44-45,47-58H2,1-3H3/b12-9-,21-18-,28-25-,29-26-,30-27-,37-34-,46-43-. The molecule has 0 fully saturated rings. The number of esters is 3. The monoisotopic (exact) mass is 947 g/mol. The minimum atomic E-state index is -0.805. The second kappa shape index (κ2) is 56.2. The fraction of sp³-hybridized carbons (Fsp3) is 0.726. The highest BCUT2D eigenvalue weighted by Crippen LogP contribution is 2.14. The Kier molecular flexibility index (Phi) is 53.4. The van der Waals surface area contributed by atoms with Crippen molar-refractivity contribution in [1.29, 1.82) is 0 Å². The van der Waals surface area contributed by atoms with Crippen LogP contribution in [0.1, 0.15) is 271 Å². The maximum Gasteiger partial charge on any atom is 0.306 e. The zero-order chi connectivity index (χ0) is 49.3. The summed E-state index contributed by atoms with van der Waals surface area (Å²) in [6, 6.07) is 0. The first-order valence-electron chi connectivity index (χ1n) is 28.6. The lowest BCUT2D eigenvalue weighted by atomic mass is 10.1. The molecule has 6 nitrogen and oxygen atoms in total. The van der Waals surface area contributed by atoms with Crippen molar-refractivity contribution in [3.63, 3.8) is 0 Å². The van der Waals surface area contributed by atoms with Gasteiger partial charge in [-0.2, -0.15) is 0 Å². The molecule has 390 valence electrons. The molecule has 0 aliphatic heterocycles. The van der Waals surface area contributed by atoms with Crippen LogP contribution in [-0.2, 0) is 28.6 Å². The molecule has 1 atom stereocenters. The number of unbranched alkanes of at least 4 members (excludes halogenated alkanes) is 26. The molecule has 0 aromatic heterocycles. The summed E-state index contributed by atoms with van der Waals surface area (Å²) in [5, 5.41) is 0. The van der Waals surface area contributed by atoms with Crippen molar-refractivity contribution >= 4 is 17.9 Å². The van der Waals surface area contributed by atoms with Crippen molar-refractivity contribution in [1.82, 2.24) is 0 Å². The van der Waals surface area contributed by atoms with E-state index < -0.39 is 6.10 Å². The highest BCUT2D eigenvalue weighted by atomic mass is 16.6. The lowest BCUT2D eigenvalue weighted by molar-refractivity contribution is -0.167. The van der Waals surface area contributed by atoms with Crippen LogP contribution in [0.25, 0.3) is 0 Å². The molecule has 0 aromatic rings. The number of hydrogen-bond acceptors (Lipinski definition) is 6. The number of carbonyl (C=O) groups excluding carboxylic acids is 3. The second-order valence-corrected chi connectivity index (χ2v) is 18.8. The predicted octanol–water partition coefficient (Wildman–Crippen LogP) is 19.2. The van der Waals surface area contributed by atoms with E-state index in [2.05, 4.69) is 106 Å². The minimum Gasteiger partial charge on any atom is -0.462 e. The number of hydrogen-bond donors (Lipinski definition) is 0. The summed E-state index contributed by atoms with van der Waals surface area (Å²) in [5.74, 6) is -0.966. The summed E-state index contributed by atoms with van der Waals surface area (Å²) in [5.41, 5.74) is 0. The van der Waals surface area contributed by atoms with E-state index in [0.29, 0.717) is 19.3 Å². The Bertz CT molecular complexity index is 1320. The van der Waals surface area contributed by atoms with E-state index in [1.54, 1.807) is 0 Å². The SMILES string of the molecule is CC/C=C\C/C=C\C/C=C\CCCCCCCCC(=O)OCC(COC(=O)CCC/C=C\C/C=C\C/C=C\CCCCCCCC)OC(=O)CCCCCCCCC/C=C\CCCCCCCC. The highest BCUT2D eigenvalue weighted by Gasteiger charge is 2.19. The van der Waals surface area contributed by atoms with Crippen molar-refractivity contribution in [2.24, 2.45) is 0 Å². The summed E-state index contributed by atoms with van der Waals surface area (Å²) in [6.07, 6.45) is 72.9. The predicted molar refractivity (Wildman–Crippen MR) is 293 cm³/mol. The maximum atomic E-state index is 12.9. The summed E-state index contributed by atoms with van der Waals surface area (Å²) < 4.78 is 16.8. The number of rotatable bonds is 51. The Morgan fingerprint density at radius 3 is 0.971 bits per heavy atom. The van der Waals surface area contributed by atoms with Gasteiger partial charge in [-0.05, 0) is 109 Å². The van der Waals surface area contributed by atoms with Crippen molar-refractivity contribution in [3.05, 3.63) is 85.1 Å². The Labute approximate surface area is 420 Å². The number of carbonyl (C=O) groups is 3. The smallest absolute Gasteiger partial charge is 0.306 e. The first-order chi connectivity index (χ1) is 33.5. The molecule has 1 unspecified atom stereocenters. The highest BCUT2D eigenvalue weighted by molar-refractivity contribution is 5.71. The molecule has 0 rings (SSSR count). The maximum absolute atomic E-state index is 12.9. The molecule has 0 aliphatic rings. The van der Waals surface area contributed by atoms with Gasteiger partial charge in [0.25, 0.3) is 0 Å². The van der Waals surface area contributed by atoms with Gasteiger partial charge in [-0.1, -0.05) is 228 Å². The van der Waals surface area contributed by atoms with Gasteiger partial charge in [0.2, 0.25) is 0 Å². The molecule has 0 saturated heterocycles. The van der Waals surface area contributed by atoms with Crippen molar-refractivity contribution in [2.75, 3.05) is 13.2 Å². The average molecular weight is 948 g/mol. The third-order valence-corrected chi connectivity index (χ3v) is 12.1. The summed E-state index contributed by atoms with van der Waals surface area (Å²) in [4.78, 5) is 38.1. The van der Waals surface area contributed by atoms with Gasteiger partial charge in [0.1, 0.15) is 13.2 Å². The lowest BCUT2D eigenvalue weighted by Gasteiger charge is -2.18. The van der Waals surface area contributed by atoms with Crippen LogP contribution in [0.4, 0.5) is 0 Å². The quantitative estimate of drug-likeness (QED) is 0.0262. The van der Waals surface area contributed by atoms with Crippen LogP contribution in [0.15, 0.2) is 85.1 Å². The zero-order valence-corrected chi connectivity index (χ0v) is 44.6. The molecule has 0 aliphatic carbocycles.